The summed E-state index contributed by atoms with van der Waals surface area (Å²) in [6.07, 6.45) is 7.21. The number of carbonyl (C=O) groups is 2. The molecular formula is C28H24N8O2S. The van der Waals surface area contributed by atoms with Gasteiger partial charge in [0.25, 0.3) is 0 Å². The molecule has 194 valence electrons. The summed E-state index contributed by atoms with van der Waals surface area (Å²) in [7, 11) is 0. The van der Waals surface area contributed by atoms with Crippen molar-refractivity contribution >= 4 is 50.7 Å². The lowest BCUT2D eigenvalue weighted by Gasteiger charge is -2.08. The van der Waals surface area contributed by atoms with E-state index in [-0.39, 0.29) is 17.6 Å². The van der Waals surface area contributed by atoms with Crippen molar-refractivity contribution in [3.05, 3.63) is 60.0 Å². The third-order valence-electron chi connectivity index (χ3n) is 6.17. The topological polar surface area (TPSA) is 142 Å². The molecule has 0 bridgehead atoms. The van der Waals surface area contributed by atoms with Crippen LogP contribution >= 0.6 is 11.3 Å². The van der Waals surface area contributed by atoms with Gasteiger partial charge in [-0.15, -0.1) is 11.3 Å². The van der Waals surface area contributed by atoms with Gasteiger partial charge in [0.05, 0.1) is 44.6 Å². The Balaban J connectivity index is 1.37. The van der Waals surface area contributed by atoms with Crippen molar-refractivity contribution in [1.82, 2.24) is 35.1 Å². The number of carbonyl (C=O) groups excluding carboxylic acids is 2. The predicted octanol–water partition coefficient (Wildman–Crippen LogP) is 5.87. The minimum atomic E-state index is -0.0525. The van der Waals surface area contributed by atoms with Crippen molar-refractivity contribution in [2.45, 2.75) is 27.2 Å². The van der Waals surface area contributed by atoms with Crippen molar-refractivity contribution in [2.24, 2.45) is 5.92 Å². The Morgan fingerprint density at radius 3 is 2.69 bits per heavy atom. The number of fused-ring (bicyclic) bond motifs is 2. The molecule has 0 spiro atoms. The number of aromatic nitrogens is 7. The van der Waals surface area contributed by atoms with Gasteiger partial charge in [0, 0.05) is 29.8 Å². The number of nitrogens with one attached hydrogen (secondary N) is 3. The first-order chi connectivity index (χ1) is 18.9. The van der Waals surface area contributed by atoms with Crippen molar-refractivity contribution < 1.29 is 9.59 Å². The van der Waals surface area contributed by atoms with Crippen LogP contribution in [0.1, 0.15) is 36.9 Å². The summed E-state index contributed by atoms with van der Waals surface area (Å²) in [6.45, 7) is 5.56. The number of hydrogen-bond donors (Lipinski definition) is 3. The molecule has 0 radical (unpaired) electrons. The maximum Gasteiger partial charge on any atom is 0.224 e. The molecule has 10 nitrogen and oxygen atoms in total. The molecule has 1 amide bonds. The van der Waals surface area contributed by atoms with E-state index < -0.39 is 0 Å². The lowest BCUT2D eigenvalue weighted by molar-refractivity contribution is -0.116. The number of H-pyrrole nitrogens is 2. The maximum absolute atomic E-state index is 12.2. The Hall–Kier alpha value is -4.77. The van der Waals surface area contributed by atoms with E-state index in [1.807, 2.05) is 44.2 Å². The Morgan fingerprint density at radius 2 is 1.90 bits per heavy atom. The summed E-state index contributed by atoms with van der Waals surface area (Å²) >= 11 is 1.40. The maximum atomic E-state index is 12.2. The van der Waals surface area contributed by atoms with Gasteiger partial charge in [0.1, 0.15) is 16.9 Å². The highest BCUT2D eigenvalue weighted by molar-refractivity contribution is 7.17. The van der Waals surface area contributed by atoms with Crippen molar-refractivity contribution in [3.63, 3.8) is 0 Å². The Bertz CT molecular complexity index is 1870. The minimum Gasteiger partial charge on any atom is -0.336 e. The Morgan fingerprint density at radius 1 is 1.03 bits per heavy atom. The van der Waals surface area contributed by atoms with Gasteiger partial charge in [-0.05, 0) is 43.2 Å². The molecule has 0 atom stereocenters. The Kier molecular flexibility index (Phi) is 6.20. The summed E-state index contributed by atoms with van der Waals surface area (Å²) in [6, 6.07) is 9.35. The Labute approximate surface area is 227 Å². The van der Waals surface area contributed by atoms with E-state index in [1.165, 1.54) is 11.3 Å². The number of imidazole rings is 1. The van der Waals surface area contributed by atoms with E-state index in [0.717, 1.165) is 26.9 Å². The van der Waals surface area contributed by atoms with Crippen LogP contribution in [0.15, 0.2) is 55.1 Å². The number of aromatic amines is 2. The summed E-state index contributed by atoms with van der Waals surface area (Å²) < 4.78 is 0. The SMILES string of the molecule is CC(=O)c1ccc(-c2nccc3[nH]c(-c4n[nH]c5cnc(-c6cncc(NC(=O)CC(C)C)c6)cc45)nc23)s1. The second kappa shape index (κ2) is 9.84. The summed E-state index contributed by atoms with van der Waals surface area (Å²) in [5.41, 5.74) is 5.68. The molecular weight excluding hydrogens is 512 g/mol. The fraction of sp³-hybridized carbons (Fsp3) is 0.179. The van der Waals surface area contributed by atoms with Gasteiger partial charge in [-0.3, -0.25) is 29.6 Å². The normalized spacial score (nSPS) is 11.5. The highest BCUT2D eigenvalue weighted by Gasteiger charge is 2.18. The van der Waals surface area contributed by atoms with Gasteiger partial charge in [-0.2, -0.15) is 5.10 Å². The standard InChI is InChI=1S/C28H24N8O2S/c1-14(2)8-24(38)32-17-9-16(11-29-12-17)20-10-18-21(13-31-20)35-36-25(18)28-33-19-6-7-30-27(26(19)34-28)23-5-4-22(39-23)15(3)37/h4-7,9-14H,8H2,1-3H3,(H,32,38)(H,33,34)(H,35,36). The van der Waals surface area contributed by atoms with Crippen LogP contribution in [0.4, 0.5) is 5.69 Å². The average molecular weight is 537 g/mol. The predicted molar refractivity (Wildman–Crippen MR) is 151 cm³/mol. The first kappa shape index (κ1) is 24.6. The molecule has 6 aromatic rings. The summed E-state index contributed by atoms with van der Waals surface area (Å²) in [5, 5.41) is 11.3. The molecule has 6 heterocycles. The number of Topliss-reactive ketones (excluding diaryl/α,β-unsaturated/α-hetero) is 1. The lowest BCUT2D eigenvalue weighted by atomic mass is 10.1. The van der Waals surface area contributed by atoms with Gasteiger partial charge in [0.2, 0.25) is 5.91 Å². The molecule has 11 heteroatoms. The average Bonchev–Trinajstić information content (AvgIpc) is 3.65. The first-order valence-corrected chi connectivity index (χ1v) is 13.2. The van der Waals surface area contributed by atoms with E-state index in [2.05, 4.69) is 35.5 Å². The quantitative estimate of drug-likeness (QED) is 0.216. The third kappa shape index (κ3) is 4.79. The van der Waals surface area contributed by atoms with E-state index in [9.17, 15) is 9.59 Å². The molecule has 0 aliphatic carbocycles. The number of nitrogens with zero attached hydrogens (tertiary/aromatic N) is 5. The highest BCUT2D eigenvalue weighted by Crippen LogP contribution is 2.34. The zero-order valence-corrected chi connectivity index (χ0v) is 22.3. The summed E-state index contributed by atoms with van der Waals surface area (Å²) in [5.74, 6) is 0.812. The van der Waals surface area contributed by atoms with Crippen LogP contribution < -0.4 is 5.32 Å². The molecule has 39 heavy (non-hydrogen) atoms. The largest absolute Gasteiger partial charge is 0.336 e. The highest BCUT2D eigenvalue weighted by atomic mass is 32.1. The summed E-state index contributed by atoms with van der Waals surface area (Å²) in [4.78, 5) is 47.2. The van der Waals surface area contributed by atoms with Gasteiger partial charge in [-0.1, -0.05) is 13.8 Å². The lowest BCUT2D eigenvalue weighted by Crippen LogP contribution is -2.13. The molecule has 0 saturated carbocycles. The number of hydrogen-bond acceptors (Lipinski definition) is 8. The van der Waals surface area contributed by atoms with Crippen molar-refractivity contribution in [2.75, 3.05) is 5.32 Å². The molecule has 6 rings (SSSR count). The number of amides is 1. The second-order valence-corrected chi connectivity index (χ2v) is 10.7. The molecule has 3 N–H and O–H groups in total. The van der Waals surface area contributed by atoms with E-state index in [1.54, 1.807) is 31.7 Å². The van der Waals surface area contributed by atoms with E-state index in [4.69, 9.17) is 4.98 Å². The van der Waals surface area contributed by atoms with Crippen LogP contribution in [0.25, 0.3) is 55.3 Å². The fourth-order valence-corrected chi connectivity index (χ4v) is 5.27. The second-order valence-electron chi connectivity index (χ2n) is 9.66. The van der Waals surface area contributed by atoms with Crippen LogP contribution in [0, 0.1) is 5.92 Å². The number of pyridine rings is 3. The number of ketones is 1. The monoisotopic (exact) mass is 536 g/mol. The molecule has 0 unspecified atom stereocenters. The van der Waals surface area contributed by atoms with Crippen LogP contribution in [0.3, 0.4) is 0 Å². The zero-order valence-electron chi connectivity index (χ0n) is 21.4. The van der Waals surface area contributed by atoms with Crippen LogP contribution in [0.5, 0.6) is 0 Å². The smallest absolute Gasteiger partial charge is 0.224 e. The fourth-order valence-electron chi connectivity index (χ4n) is 4.37. The molecule has 0 aromatic carbocycles. The molecule has 0 aliphatic rings. The molecule has 0 fully saturated rings. The number of thiophene rings is 1. The van der Waals surface area contributed by atoms with Gasteiger partial charge in [-0.25, -0.2) is 4.98 Å². The minimum absolute atomic E-state index is 0.0206. The van der Waals surface area contributed by atoms with Gasteiger partial charge < -0.3 is 10.3 Å². The molecule has 0 aliphatic heterocycles. The van der Waals surface area contributed by atoms with Crippen molar-refractivity contribution in [3.8, 4) is 33.3 Å². The van der Waals surface area contributed by atoms with Crippen LogP contribution in [-0.4, -0.2) is 46.8 Å². The van der Waals surface area contributed by atoms with Gasteiger partial charge in [0.15, 0.2) is 11.6 Å². The van der Waals surface area contributed by atoms with Crippen LogP contribution in [-0.2, 0) is 4.79 Å². The third-order valence-corrected chi connectivity index (χ3v) is 7.36. The van der Waals surface area contributed by atoms with E-state index in [0.29, 0.717) is 45.4 Å². The number of anilines is 1. The zero-order chi connectivity index (χ0) is 27.1. The number of rotatable bonds is 7. The van der Waals surface area contributed by atoms with E-state index >= 15 is 0 Å². The van der Waals surface area contributed by atoms with Crippen LogP contribution in [0.2, 0.25) is 0 Å². The molecule has 6 aromatic heterocycles. The molecule has 0 saturated heterocycles. The van der Waals surface area contributed by atoms with Gasteiger partial charge >= 0.3 is 0 Å². The first-order valence-electron chi connectivity index (χ1n) is 12.4. The van der Waals surface area contributed by atoms with Crippen molar-refractivity contribution in [1.29, 1.82) is 0 Å².